The van der Waals surface area contributed by atoms with Crippen molar-refractivity contribution < 1.29 is 4.92 Å². The van der Waals surface area contributed by atoms with Crippen LogP contribution in [0.4, 0.5) is 5.69 Å². The fourth-order valence-corrected chi connectivity index (χ4v) is 4.37. The Balaban J connectivity index is 1.80. The van der Waals surface area contributed by atoms with Crippen LogP contribution in [0, 0.1) is 10.1 Å². The standard InChI is InChI=1S/C14H7ClN4O2S2/c15-9-7-8(19(20)21)5-6-11(9)22-13-16-17-14-18(13)10-3-1-2-4-12(10)23-14/h1-7H. The largest absolute Gasteiger partial charge is 0.270 e. The quantitative estimate of drug-likeness (QED) is 0.391. The number of thiazole rings is 1. The first-order chi connectivity index (χ1) is 11.1. The number of nitrogens with zero attached hydrogens (tertiary/aromatic N) is 4. The Morgan fingerprint density at radius 1 is 1.22 bits per heavy atom. The van der Waals surface area contributed by atoms with Crippen LogP contribution in [-0.4, -0.2) is 19.5 Å². The number of benzene rings is 2. The maximum atomic E-state index is 10.8. The van der Waals surface area contributed by atoms with Gasteiger partial charge in [0, 0.05) is 17.0 Å². The van der Waals surface area contributed by atoms with Gasteiger partial charge in [0.05, 0.1) is 20.2 Å². The van der Waals surface area contributed by atoms with Crippen molar-refractivity contribution in [1.29, 1.82) is 0 Å². The van der Waals surface area contributed by atoms with Crippen LogP contribution in [0.1, 0.15) is 0 Å². The smallest absolute Gasteiger partial charge is 0.260 e. The molecule has 0 spiro atoms. The van der Waals surface area contributed by atoms with Gasteiger partial charge in [0.25, 0.3) is 5.69 Å². The molecule has 0 aliphatic carbocycles. The summed E-state index contributed by atoms with van der Waals surface area (Å²) in [5.41, 5.74) is 0.991. The zero-order valence-corrected chi connectivity index (χ0v) is 13.7. The Hall–Kier alpha value is -2.16. The molecule has 0 saturated heterocycles. The highest BCUT2D eigenvalue weighted by atomic mass is 35.5. The highest BCUT2D eigenvalue weighted by Gasteiger charge is 2.16. The van der Waals surface area contributed by atoms with Gasteiger partial charge < -0.3 is 0 Å². The number of halogens is 1. The van der Waals surface area contributed by atoms with Crippen molar-refractivity contribution in [3.05, 3.63) is 57.6 Å². The molecule has 0 aliphatic rings. The minimum Gasteiger partial charge on any atom is -0.260 e. The molecule has 0 radical (unpaired) electrons. The first-order valence-corrected chi connectivity index (χ1v) is 8.49. The van der Waals surface area contributed by atoms with Crippen LogP contribution >= 0.6 is 34.7 Å². The van der Waals surface area contributed by atoms with Crippen LogP contribution in [0.3, 0.4) is 0 Å². The van der Waals surface area contributed by atoms with Crippen LogP contribution < -0.4 is 0 Å². The molecule has 0 fully saturated rings. The summed E-state index contributed by atoms with van der Waals surface area (Å²) in [6.45, 7) is 0. The number of nitro groups is 1. The van der Waals surface area contributed by atoms with Gasteiger partial charge in [-0.1, -0.05) is 35.1 Å². The summed E-state index contributed by atoms with van der Waals surface area (Å²) < 4.78 is 3.08. The zero-order chi connectivity index (χ0) is 16.0. The molecule has 0 aliphatic heterocycles. The van der Waals surface area contributed by atoms with E-state index >= 15 is 0 Å². The molecule has 9 heteroatoms. The fourth-order valence-electron chi connectivity index (χ4n) is 2.21. The third-order valence-corrected chi connectivity index (χ3v) is 5.70. The van der Waals surface area contributed by atoms with E-state index in [4.69, 9.17) is 11.6 Å². The number of hydrogen-bond acceptors (Lipinski definition) is 6. The van der Waals surface area contributed by atoms with Gasteiger partial charge in [0.1, 0.15) is 0 Å². The van der Waals surface area contributed by atoms with E-state index in [0.29, 0.717) is 15.1 Å². The van der Waals surface area contributed by atoms with Crippen LogP contribution in [0.5, 0.6) is 0 Å². The van der Waals surface area contributed by atoms with Crippen molar-refractivity contribution in [3.63, 3.8) is 0 Å². The van der Waals surface area contributed by atoms with Gasteiger partial charge in [0.15, 0.2) is 0 Å². The number of hydrogen-bond donors (Lipinski definition) is 0. The summed E-state index contributed by atoms with van der Waals surface area (Å²) in [7, 11) is 0. The number of para-hydroxylation sites is 1. The first kappa shape index (κ1) is 14.4. The third-order valence-electron chi connectivity index (χ3n) is 3.24. The topological polar surface area (TPSA) is 73.3 Å². The number of nitro benzene ring substituents is 1. The van der Waals surface area contributed by atoms with E-state index in [1.54, 1.807) is 17.4 Å². The SMILES string of the molecule is O=[N+]([O-])c1ccc(Sc2nnc3sc4ccccc4n23)c(Cl)c1. The van der Waals surface area contributed by atoms with Crippen molar-refractivity contribution in [1.82, 2.24) is 14.6 Å². The molecule has 2 heterocycles. The molecule has 2 aromatic heterocycles. The van der Waals surface area contributed by atoms with Gasteiger partial charge in [-0.25, -0.2) is 0 Å². The minimum absolute atomic E-state index is 0.0354. The molecule has 0 unspecified atom stereocenters. The van der Waals surface area contributed by atoms with Crippen molar-refractivity contribution in [2.75, 3.05) is 0 Å². The van der Waals surface area contributed by atoms with Crippen LogP contribution in [0.15, 0.2) is 52.5 Å². The van der Waals surface area contributed by atoms with Gasteiger partial charge in [-0.05, 0) is 30.0 Å². The Kier molecular flexibility index (Phi) is 3.44. The van der Waals surface area contributed by atoms with Gasteiger partial charge in [-0.2, -0.15) is 0 Å². The third kappa shape index (κ3) is 2.44. The summed E-state index contributed by atoms with van der Waals surface area (Å²) in [6.07, 6.45) is 0. The predicted molar refractivity (Wildman–Crippen MR) is 90.6 cm³/mol. The molecule has 4 aromatic rings. The van der Waals surface area contributed by atoms with E-state index < -0.39 is 4.92 Å². The normalized spacial score (nSPS) is 11.3. The fraction of sp³-hybridized carbons (Fsp3) is 0. The van der Waals surface area contributed by atoms with E-state index in [0.717, 1.165) is 15.2 Å². The second-order valence-electron chi connectivity index (χ2n) is 4.64. The lowest BCUT2D eigenvalue weighted by Crippen LogP contribution is -1.89. The van der Waals surface area contributed by atoms with E-state index in [9.17, 15) is 10.1 Å². The molecular weight excluding hydrogens is 356 g/mol. The van der Waals surface area contributed by atoms with Crippen molar-refractivity contribution in [2.45, 2.75) is 10.1 Å². The predicted octanol–water partition coefficient (Wildman–Crippen LogP) is 4.66. The molecule has 23 heavy (non-hydrogen) atoms. The van der Waals surface area contributed by atoms with Gasteiger partial charge in [-0.3, -0.25) is 14.5 Å². The average molecular weight is 363 g/mol. The van der Waals surface area contributed by atoms with Gasteiger partial charge >= 0.3 is 0 Å². The van der Waals surface area contributed by atoms with Crippen LogP contribution in [-0.2, 0) is 0 Å². The number of rotatable bonds is 3. The molecule has 0 N–H and O–H groups in total. The number of aromatic nitrogens is 3. The highest BCUT2D eigenvalue weighted by molar-refractivity contribution is 7.99. The van der Waals surface area contributed by atoms with E-state index in [2.05, 4.69) is 10.2 Å². The molecule has 114 valence electrons. The Morgan fingerprint density at radius 3 is 2.83 bits per heavy atom. The summed E-state index contributed by atoms with van der Waals surface area (Å²) >= 11 is 9.04. The summed E-state index contributed by atoms with van der Waals surface area (Å²) in [6, 6.07) is 12.4. The van der Waals surface area contributed by atoms with E-state index in [1.165, 1.54) is 23.9 Å². The molecular formula is C14H7ClN4O2S2. The lowest BCUT2D eigenvalue weighted by atomic mass is 10.3. The number of fused-ring (bicyclic) bond motifs is 3. The minimum atomic E-state index is -0.470. The maximum absolute atomic E-state index is 10.8. The molecule has 4 rings (SSSR count). The highest BCUT2D eigenvalue weighted by Crippen LogP contribution is 2.37. The van der Waals surface area contributed by atoms with Crippen molar-refractivity contribution >= 4 is 55.6 Å². The second kappa shape index (κ2) is 5.48. The van der Waals surface area contributed by atoms with Gasteiger partial charge in [0.2, 0.25) is 10.1 Å². The maximum Gasteiger partial charge on any atom is 0.270 e. The molecule has 0 amide bonds. The van der Waals surface area contributed by atoms with Crippen molar-refractivity contribution in [2.24, 2.45) is 0 Å². The van der Waals surface area contributed by atoms with Crippen LogP contribution in [0.25, 0.3) is 15.2 Å². The Labute approximate surface area is 142 Å². The van der Waals surface area contributed by atoms with Crippen molar-refractivity contribution in [3.8, 4) is 0 Å². The average Bonchev–Trinajstić information content (AvgIpc) is 3.09. The van der Waals surface area contributed by atoms with Crippen LogP contribution in [0.2, 0.25) is 5.02 Å². The Bertz CT molecular complexity index is 1060. The molecule has 0 saturated carbocycles. The summed E-state index contributed by atoms with van der Waals surface area (Å²) in [5.74, 6) is 0. The molecule has 2 aromatic carbocycles. The summed E-state index contributed by atoms with van der Waals surface area (Å²) in [4.78, 5) is 11.8. The zero-order valence-electron chi connectivity index (χ0n) is 11.3. The lowest BCUT2D eigenvalue weighted by Gasteiger charge is -2.02. The molecule has 6 nitrogen and oxygen atoms in total. The number of non-ortho nitro benzene ring substituents is 1. The lowest BCUT2D eigenvalue weighted by molar-refractivity contribution is -0.384. The second-order valence-corrected chi connectivity index (χ2v) is 7.07. The Morgan fingerprint density at radius 2 is 2.04 bits per heavy atom. The summed E-state index contributed by atoms with van der Waals surface area (Å²) in [5, 5.41) is 20.2. The first-order valence-electron chi connectivity index (χ1n) is 6.48. The molecule has 0 atom stereocenters. The van der Waals surface area contributed by atoms with E-state index in [1.807, 2.05) is 28.7 Å². The van der Waals surface area contributed by atoms with Gasteiger partial charge in [-0.15, -0.1) is 10.2 Å². The van der Waals surface area contributed by atoms with E-state index in [-0.39, 0.29) is 5.69 Å². The monoisotopic (exact) mass is 362 g/mol. The molecule has 0 bridgehead atoms.